The molecule has 1 aromatic carbocycles. The molecule has 0 fully saturated rings. The molecule has 0 heterocycles. The maximum absolute atomic E-state index is 11.0. The van der Waals surface area contributed by atoms with E-state index in [0.717, 1.165) is 0 Å². The van der Waals surface area contributed by atoms with Crippen molar-refractivity contribution in [3.63, 3.8) is 0 Å². The van der Waals surface area contributed by atoms with E-state index in [1.54, 1.807) is 24.3 Å². The van der Waals surface area contributed by atoms with Crippen LogP contribution < -0.4 is 0 Å². The third-order valence-corrected chi connectivity index (χ3v) is 1.68. The van der Waals surface area contributed by atoms with Crippen LogP contribution in [0.25, 0.3) is 6.08 Å². The Morgan fingerprint density at radius 2 is 2.20 bits per heavy atom. The van der Waals surface area contributed by atoms with Gasteiger partial charge in [0.25, 0.3) is 0 Å². The number of ether oxygens (including phenoxy) is 1. The Morgan fingerprint density at radius 3 is 2.87 bits per heavy atom. The molecule has 0 aromatic heterocycles. The number of hydrogen-bond donors (Lipinski definition) is 1. The Labute approximate surface area is 88.3 Å². The smallest absolute Gasteiger partial charge is 0.331 e. The van der Waals surface area contributed by atoms with Crippen molar-refractivity contribution in [2.45, 2.75) is 0 Å². The highest BCUT2D eigenvalue weighted by molar-refractivity contribution is 5.87. The second-order valence-electron chi connectivity index (χ2n) is 2.81. The van der Waals surface area contributed by atoms with E-state index in [0.29, 0.717) is 5.56 Å². The lowest BCUT2D eigenvalue weighted by Gasteiger charge is -1.97. The molecule has 0 aliphatic rings. The average Bonchev–Trinajstić information content (AvgIpc) is 2.25. The first-order valence-electron chi connectivity index (χ1n) is 4.48. The number of esters is 1. The lowest BCUT2D eigenvalue weighted by molar-refractivity contribution is -0.136. The molecule has 0 aliphatic carbocycles. The predicted molar refractivity (Wildman–Crippen MR) is 58.3 cm³/mol. The minimum Gasteiger partial charge on any atom is -0.507 e. The van der Waals surface area contributed by atoms with Crippen LogP contribution in [0.3, 0.4) is 0 Å². The van der Waals surface area contributed by atoms with Gasteiger partial charge in [-0.1, -0.05) is 30.9 Å². The van der Waals surface area contributed by atoms with Crippen LogP contribution >= 0.6 is 0 Å². The number of hydrogen-bond acceptors (Lipinski definition) is 3. The van der Waals surface area contributed by atoms with E-state index in [9.17, 15) is 9.90 Å². The minimum atomic E-state index is -0.460. The summed E-state index contributed by atoms with van der Waals surface area (Å²) in [5.41, 5.74) is 0.577. The first-order chi connectivity index (χ1) is 7.24. The maximum Gasteiger partial charge on any atom is 0.331 e. The molecule has 15 heavy (non-hydrogen) atoms. The monoisotopic (exact) mass is 204 g/mol. The summed E-state index contributed by atoms with van der Waals surface area (Å²) in [5.74, 6) is -0.330. The van der Waals surface area contributed by atoms with E-state index in [1.165, 1.54) is 18.2 Å². The fourth-order valence-corrected chi connectivity index (χ4v) is 0.975. The van der Waals surface area contributed by atoms with E-state index in [1.807, 2.05) is 0 Å². The molecule has 0 saturated heterocycles. The summed E-state index contributed by atoms with van der Waals surface area (Å²) >= 11 is 0. The zero-order valence-corrected chi connectivity index (χ0v) is 8.22. The molecule has 3 nitrogen and oxygen atoms in total. The lowest BCUT2D eigenvalue weighted by Crippen LogP contribution is -1.99. The van der Waals surface area contributed by atoms with Crippen molar-refractivity contribution in [2.24, 2.45) is 0 Å². The molecule has 1 rings (SSSR count). The number of rotatable bonds is 4. The number of carbonyl (C=O) groups excluding carboxylic acids is 1. The highest BCUT2D eigenvalue weighted by atomic mass is 16.5. The number of phenols is 1. The molecular formula is C12H12O3. The van der Waals surface area contributed by atoms with Crippen molar-refractivity contribution in [1.29, 1.82) is 0 Å². The van der Waals surface area contributed by atoms with Crippen LogP contribution in [-0.2, 0) is 9.53 Å². The molecule has 3 heteroatoms. The Bertz CT molecular complexity index is 380. The van der Waals surface area contributed by atoms with Gasteiger partial charge in [0.05, 0.1) is 0 Å². The van der Waals surface area contributed by atoms with Gasteiger partial charge in [-0.05, 0) is 12.1 Å². The van der Waals surface area contributed by atoms with E-state index >= 15 is 0 Å². The highest BCUT2D eigenvalue weighted by Gasteiger charge is 1.97. The van der Waals surface area contributed by atoms with E-state index in [4.69, 9.17) is 4.74 Å². The van der Waals surface area contributed by atoms with Crippen LogP contribution in [0.15, 0.2) is 43.0 Å². The topological polar surface area (TPSA) is 46.5 Å². The van der Waals surface area contributed by atoms with Crippen LogP contribution in [-0.4, -0.2) is 17.7 Å². The van der Waals surface area contributed by atoms with Gasteiger partial charge in [0.2, 0.25) is 0 Å². The molecule has 0 saturated carbocycles. The number of para-hydroxylation sites is 1. The average molecular weight is 204 g/mol. The van der Waals surface area contributed by atoms with Crippen molar-refractivity contribution in [1.82, 2.24) is 0 Å². The largest absolute Gasteiger partial charge is 0.507 e. The van der Waals surface area contributed by atoms with Crippen LogP contribution in [0.5, 0.6) is 5.75 Å². The fourth-order valence-electron chi connectivity index (χ4n) is 0.975. The van der Waals surface area contributed by atoms with Crippen LogP contribution in [0.2, 0.25) is 0 Å². The summed E-state index contributed by atoms with van der Waals surface area (Å²) in [6.45, 7) is 3.61. The molecule has 0 bridgehead atoms. The summed E-state index contributed by atoms with van der Waals surface area (Å²) in [6.07, 6.45) is 4.25. The molecule has 0 amide bonds. The second kappa shape index (κ2) is 5.65. The Hall–Kier alpha value is -2.03. The Balaban J connectivity index is 2.61. The van der Waals surface area contributed by atoms with Gasteiger partial charge in [0.1, 0.15) is 12.4 Å². The molecule has 78 valence electrons. The van der Waals surface area contributed by atoms with Crippen molar-refractivity contribution in [2.75, 3.05) is 6.61 Å². The fraction of sp³-hybridized carbons (Fsp3) is 0.0833. The zero-order chi connectivity index (χ0) is 11.1. The number of phenolic OH excluding ortho intramolecular Hbond substituents is 1. The van der Waals surface area contributed by atoms with Gasteiger partial charge in [-0.2, -0.15) is 0 Å². The normalized spacial score (nSPS) is 10.1. The van der Waals surface area contributed by atoms with Crippen molar-refractivity contribution in [3.05, 3.63) is 48.6 Å². The van der Waals surface area contributed by atoms with Crippen molar-refractivity contribution < 1.29 is 14.6 Å². The second-order valence-corrected chi connectivity index (χ2v) is 2.81. The molecule has 0 aliphatic heterocycles. The Morgan fingerprint density at radius 1 is 1.47 bits per heavy atom. The molecular weight excluding hydrogens is 192 g/mol. The molecule has 1 aromatic rings. The SMILES string of the molecule is C=CCOC(=O)/C=C/c1ccccc1O. The van der Waals surface area contributed by atoms with E-state index in [2.05, 4.69) is 6.58 Å². The van der Waals surface area contributed by atoms with Crippen molar-refractivity contribution in [3.8, 4) is 5.75 Å². The third kappa shape index (κ3) is 3.68. The molecule has 0 unspecified atom stereocenters. The quantitative estimate of drug-likeness (QED) is 0.464. The van der Waals surface area contributed by atoms with Gasteiger partial charge >= 0.3 is 5.97 Å². The van der Waals surface area contributed by atoms with E-state index in [-0.39, 0.29) is 12.4 Å². The highest BCUT2D eigenvalue weighted by Crippen LogP contribution is 2.16. The minimum absolute atomic E-state index is 0.130. The maximum atomic E-state index is 11.0. The van der Waals surface area contributed by atoms with Crippen LogP contribution in [0.4, 0.5) is 0 Å². The van der Waals surface area contributed by atoms with Crippen LogP contribution in [0.1, 0.15) is 5.56 Å². The van der Waals surface area contributed by atoms with E-state index < -0.39 is 5.97 Å². The lowest BCUT2D eigenvalue weighted by atomic mass is 10.2. The zero-order valence-electron chi connectivity index (χ0n) is 8.22. The summed E-state index contributed by atoms with van der Waals surface area (Å²) < 4.78 is 4.73. The van der Waals surface area contributed by atoms with Gasteiger partial charge in [0, 0.05) is 11.6 Å². The predicted octanol–water partition coefficient (Wildman–Crippen LogP) is 2.13. The summed E-state index contributed by atoms with van der Waals surface area (Å²) in [7, 11) is 0. The standard InChI is InChI=1S/C12H12O3/c1-2-9-15-12(14)8-7-10-5-3-4-6-11(10)13/h2-8,13H,1,9H2/b8-7+. The first kappa shape index (κ1) is 11.0. The molecule has 1 N–H and O–H groups in total. The van der Waals surface area contributed by atoms with Crippen molar-refractivity contribution >= 4 is 12.0 Å². The molecule has 0 atom stereocenters. The van der Waals surface area contributed by atoms with Gasteiger partial charge in [-0.3, -0.25) is 0 Å². The first-order valence-corrected chi connectivity index (χ1v) is 4.48. The number of aromatic hydroxyl groups is 1. The number of carbonyl (C=O) groups is 1. The number of benzene rings is 1. The van der Waals surface area contributed by atoms with Gasteiger partial charge in [-0.15, -0.1) is 0 Å². The third-order valence-electron chi connectivity index (χ3n) is 1.68. The Kier molecular flexibility index (Phi) is 4.16. The molecule has 0 radical (unpaired) electrons. The van der Waals surface area contributed by atoms with Gasteiger partial charge in [-0.25, -0.2) is 4.79 Å². The summed E-state index contributed by atoms with van der Waals surface area (Å²) in [5, 5.41) is 9.38. The summed E-state index contributed by atoms with van der Waals surface area (Å²) in [6, 6.07) is 6.73. The van der Waals surface area contributed by atoms with Gasteiger partial charge in [0.15, 0.2) is 0 Å². The summed E-state index contributed by atoms with van der Waals surface area (Å²) in [4.78, 5) is 11.0. The van der Waals surface area contributed by atoms with Crippen LogP contribution in [0, 0.1) is 0 Å². The molecule has 0 spiro atoms. The van der Waals surface area contributed by atoms with Gasteiger partial charge < -0.3 is 9.84 Å².